The van der Waals surface area contributed by atoms with Crippen molar-refractivity contribution in [2.24, 2.45) is 5.41 Å². The number of hydrogen-bond donors (Lipinski definition) is 2. The molecule has 0 spiro atoms. The van der Waals surface area contributed by atoms with Crippen molar-refractivity contribution in [3.05, 3.63) is 112 Å². The molecule has 0 amide bonds. The van der Waals surface area contributed by atoms with Gasteiger partial charge in [0.15, 0.2) is 0 Å². The average molecular weight is 586 g/mol. The summed E-state index contributed by atoms with van der Waals surface area (Å²) in [5, 5.41) is 21.9. The van der Waals surface area contributed by atoms with Crippen LogP contribution >= 0.6 is 23.4 Å². The standard InChI is InChI=1S/C35H36ClNO3S/c1-34(2,40)27-8-5-6-24(20-27)10-17-32(41-23-35(18-19-35)22-33(38)39)30-9-4-3-7-25(30)12-15-29-16-13-26-11-14-28(36)21-31(26)37-29/h3-9,11-16,20-21,32,40H,10,17-19,22-23H2,1-2H3,(H,38,39)/b15-12+/t32-/m0/s1. The minimum absolute atomic E-state index is 0.0867. The quantitative estimate of drug-likeness (QED) is 0.174. The Bertz CT molecular complexity index is 1570. The van der Waals surface area contributed by atoms with Gasteiger partial charge in [0, 0.05) is 21.4 Å². The van der Waals surface area contributed by atoms with Gasteiger partial charge in [0.25, 0.3) is 0 Å². The van der Waals surface area contributed by atoms with Crippen LogP contribution in [0.1, 0.15) is 72.7 Å². The third kappa shape index (κ3) is 7.79. The third-order valence-electron chi connectivity index (χ3n) is 7.85. The van der Waals surface area contributed by atoms with Gasteiger partial charge in [-0.3, -0.25) is 4.79 Å². The summed E-state index contributed by atoms with van der Waals surface area (Å²) in [6.07, 6.45) is 8.12. The predicted octanol–water partition coefficient (Wildman–Crippen LogP) is 8.95. The van der Waals surface area contributed by atoms with Gasteiger partial charge in [-0.25, -0.2) is 4.98 Å². The summed E-state index contributed by atoms with van der Waals surface area (Å²) in [6.45, 7) is 3.62. The number of benzene rings is 3. The maximum Gasteiger partial charge on any atom is 0.303 e. The maximum absolute atomic E-state index is 11.5. The Labute approximate surface area is 251 Å². The van der Waals surface area contributed by atoms with E-state index in [4.69, 9.17) is 16.6 Å². The van der Waals surface area contributed by atoms with Crippen LogP contribution in [0.25, 0.3) is 23.1 Å². The van der Waals surface area contributed by atoms with Crippen molar-refractivity contribution in [1.82, 2.24) is 4.98 Å². The zero-order chi connectivity index (χ0) is 29.0. The van der Waals surface area contributed by atoms with E-state index in [2.05, 4.69) is 48.5 Å². The summed E-state index contributed by atoms with van der Waals surface area (Å²) >= 11 is 8.07. The van der Waals surface area contributed by atoms with Crippen molar-refractivity contribution in [1.29, 1.82) is 0 Å². The molecule has 0 unspecified atom stereocenters. The number of carboxylic acid groups (broad SMARTS) is 1. The molecular weight excluding hydrogens is 550 g/mol. The lowest BCUT2D eigenvalue weighted by Gasteiger charge is -2.23. The highest BCUT2D eigenvalue weighted by Crippen LogP contribution is 2.53. The van der Waals surface area contributed by atoms with Crippen molar-refractivity contribution < 1.29 is 15.0 Å². The highest BCUT2D eigenvalue weighted by atomic mass is 35.5. The molecule has 1 aromatic heterocycles. The fraction of sp³-hybridized carbons (Fsp3) is 0.314. The molecule has 0 aliphatic heterocycles. The largest absolute Gasteiger partial charge is 0.481 e. The van der Waals surface area contributed by atoms with Gasteiger partial charge in [0.05, 0.1) is 23.2 Å². The van der Waals surface area contributed by atoms with Gasteiger partial charge in [-0.05, 0) is 91.5 Å². The molecule has 1 aliphatic carbocycles. The molecular formula is C35H36ClNO3S. The van der Waals surface area contributed by atoms with Crippen LogP contribution in [-0.2, 0) is 16.8 Å². The molecule has 212 valence electrons. The first kappa shape index (κ1) is 29.4. The van der Waals surface area contributed by atoms with E-state index < -0.39 is 11.6 Å². The summed E-state index contributed by atoms with van der Waals surface area (Å²) in [4.78, 5) is 16.3. The molecule has 41 heavy (non-hydrogen) atoms. The molecule has 0 saturated heterocycles. The normalized spacial score (nSPS) is 15.3. The molecule has 2 N–H and O–H groups in total. The van der Waals surface area contributed by atoms with Crippen molar-refractivity contribution in [3.63, 3.8) is 0 Å². The zero-order valence-corrected chi connectivity index (χ0v) is 25.1. The maximum atomic E-state index is 11.5. The number of hydrogen-bond acceptors (Lipinski definition) is 4. The zero-order valence-electron chi connectivity index (χ0n) is 23.5. The Morgan fingerprint density at radius 1 is 1.05 bits per heavy atom. The minimum Gasteiger partial charge on any atom is -0.481 e. The van der Waals surface area contributed by atoms with Gasteiger partial charge in [0.1, 0.15) is 0 Å². The van der Waals surface area contributed by atoms with E-state index >= 15 is 0 Å². The fourth-order valence-electron chi connectivity index (χ4n) is 5.21. The van der Waals surface area contributed by atoms with Crippen LogP contribution in [0.2, 0.25) is 5.02 Å². The molecule has 5 rings (SSSR count). The van der Waals surface area contributed by atoms with Crippen molar-refractivity contribution >= 4 is 52.4 Å². The minimum atomic E-state index is -0.890. The number of thioether (sulfide) groups is 1. The molecule has 4 nitrogen and oxygen atoms in total. The topological polar surface area (TPSA) is 70.4 Å². The van der Waals surface area contributed by atoms with Gasteiger partial charge >= 0.3 is 5.97 Å². The first-order valence-corrected chi connectivity index (χ1v) is 15.5. The number of aliphatic carboxylic acids is 1. The molecule has 1 saturated carbocycles. The van der Waals surface area contributed by atoms with Gasteiger partial charge in [-0.2, -0.15) is 11.8 Å². The Morgan fingerprint density at radius 2 is 1.83 bits per heavy atom. The second-order valence-corrected chi connectivity index (χ2v) is 13.3. The SMILES string of the molecule is CC(C)(O)c1cccc(CC[C@H](SCC2(CC(=O)O)CC2)c2ccccc2/C=C/c2ccc3ccc(Cl)cc3n2)c1. The Morgan fingerprint density at radius 3 is 2.59 bits per heavy atom. The number of carboxylic acids is 1. The van der Waals surface area contributed by atoms with E-state index in [1.807, 2.05) is 68.1 Å². The van der Waals surface area contributed by atoms with Crippen LogP contribution < -0.4 is 0 Å². The second kappa shape index (κ2) is 12.4. The first-order chi connectivity index (χ1) is 19.6. The fourth-order valence-corrected chi connectivity index (χ4v) is 7.00. The monoisotopic (exact) mass is 585 g/mol. The van der Waals surface area contributed by atoms with Gasteiger partial charge in [-0.1, -0.05) is 78.3 Å². The number of aliphatic hydroxyl groups is 1. The summed E-state index contributed by atoms with van der Waals surface area (Å²) in [5.74, 6) is 0.120. The molecule has 1 aliphatic rings. The Balaban J connectivity index is 1.40. The second-order valence-electron chi connectivity index (χ2n) is 11.7. The average Bonchev–Trinajstić information content (AvgIpc) is 3.70. The van der Waals surface area contributed by atoms with Crippen LogP contribution in [0.3, 0.4) is 0 Å². The smallest absolute Gasteiger partial charge is 0.303 e. The van der Waals surface area contributed by atoms with Gasteiger partial charge in [-0.15, -0.1) is 0 Å². The van der Waals surface area contributed by atoms with Crippen LogP contribution in [0.5, 0.6) is 0 Å². The molecule has 3 aromatic carbocycles. The van der Waals surface area contributed by atoms with Gasteiger partial charge < -0.3 is 10.2 Å². The van der Waals surface area contributed by atoms with Crippen LogP contribution in [0.4, 0.5) is 0 Å². The number of nitrogens with zero attached hydrogens (tertiary/aromatic N) is 1. The number of aromatic nitrogens is 1. The Hall–Kier alpha value is -3.12. The highest BCUT2D eigenvalue weighted by Gasteiger charge is 2.44. The summed E-state index contributed by atoms with van der Waals surface area (Å²) in [6, 6.07) is 26.4. The lowest BCUT2D eigenvalue weighted by molar-refractivity contribution is -0.138. The predicted molar refractivity (Wildman–Crippen MR) is 171 cm³/mol. The summed E-state index contributed by atoms with van der Waals surface area (Å²) in [5.41, 5.74) is 5.21. The molecule has 1 atom stereocenters. The van der Waals surface area contributed by atoms with Crippen molar-refractivity contribution in [2.75, 3.05) is 5.75 Å². The van der Waals surface area contributed by atoms with E-state index in [-0.39, 0.29) is 17.1 Å². The van der Waals surface area contributed by atoms with Crippen molar-refractivity contribution in [2.45, 2.75) is 56.8 Å². The van der Waals surface area contributed by atoms with E-state index in [9.17, 15) is 15.0 Å². The summed E-state index contributed by atoms with van der Waals surface area (Å²) < 4.78 is 0. The molecule has 0 bridgehead atoms. The lowest BCUT2D eigenvalue weighted by Crippen LogP contribution is -2.15. The van der Waals surface area contributed by atoms with E-state index in [0.717, 1.165) is 59.2 Å². The first-order valence-electron chi connectivity index (χ1n) is 14.1. The van der Waals surface area contributed by atoms with E-state index in [0.29, 0.717) is 5.02 Å². The number of pyridine rings is 1. The van der Waals surface area contributed by atoms with Crippen molar-refractivity contribution in [3.8, 4) is 0 Å². The number of fused-ring (bicyclic) bond motifs is 1. The van der Waals surface area contributed by atoms with Gasteiger partial charge in [0.2, 0.25) is 0 Å². The molecule has 1 fully saturated rings. The highest BCUT2D eigenvalue weighted by molar-refractivity contribution is 7.99. The third-order valence-corrected chi connectivity index (χ3v) is 9.76. The number of rotatable bonds is 12. The molecule has 6 heteroatoms. The number of aryl methyl sites for hydroxylation is 1. The molecule has 4 aromatic rings. The van der Waals surface area contributed by atoms with E-state index in [1.54, 1.807) is 0 Å². The van der Waals surface area contributed by atoms with E-state index in [1.165, 1.54) is 11.1 Å². The molecule has 1 heterocycles. The number of carbonyl (C=O) groups is 1. The lowest BCUT2D eigenvalue weighted by atomic mass is 9.94. The molecule has 0 radical (unpaired) electrons. The van der Waals surface area contributed by atoms with Crippen LogP contribution in [-0.4, -0.2) is 26.9 Å². The Kier molecular flexibility index (Phi) is 8.88. The number of halogens is 1. The van der Waals surface area contributed by atoms with Crippen LogP contribution in [0, 0.1) is 5.41 Å². The summed E-state index contributed by atoms with van der Waals surface area (Å²) in [7, 11) is 0. The van der Waals surface area contributed by atoms with Crippen LogP contribution in [0.15, 0.2) is 78.9 Å².